The summed E-state index contributed by atoms with van der Waals surface area (Å²) in [6.07, 6.45) is 6.85. The molecule has 0 radical (unpaired) electrons. The molecule has 1 saturated heterocycles. The van der Waals surface area contributed by atoms with Crippen molar-refractivity contribution in [2.45, 2.75) is 6.61 Å². The normalized spacial score (nSPS) is 15.4. The topological polar surface area (TPSA) is 46.6 Å². The zero-order chi connectivity index (χ0) is 18.5. The highest BCUT2D eigenvalue weighted by atomic mass is 35.5. The van der Waals surface area contributed by atoms with Gasteiger partial charge in [0.15, 0.2) is 0 Å². The first-order valence-corrected chi connectivity index (χ1v) is 8.93. The number of terminal acetylenes is 1. The molecule has 0 aliphatic carbocycles. The second-order valence-corrected chi connectivity index (χ2v) is 6.82. The molecule has 2 aromatic rings. The first kappa shape index (κ1) is 18.1. The van der Waals surface area contributed by atoms with E-state index in [1.165, 1.54) is 0 Å². The van der Waals surface area contributed by atoms with Gasteiger partial charge in [-0.05, 0) is 41.6 Å². The van der Waals surface area contributed by atoms with Crippen molar-refractivity contribution >= 4 is 40.6 Å². The largest absolute Gasteiger partial charge is 0.489 e. The fourth-order valence-electron chi connectivity index (χ4n) is 2.32. The van der Waals surface area contributed by atoms with E-state index in [1.807, 2.05) is 36.4 Å². The van der Waals surface area contributed by atoms with E-state index in [1.54, 1.807) is 18.2 Å². The van der Waals surface area contributed by atoms with E-state index in [9.17, 15) is 9.59 Å². The average molecular weight is 384 g/mol. The van der Waals surface area contributed by atoms with E-state index in [2.05, 4.69) is 5.92 Å². The molecule has 0 saturated carbocycles. The molecule has 130 valence electrons. The second-order valence-electron chi connectivity index (χ2n) is 5.42. The third kappa shape index (κ3) is 4.10. The highest BCUT2D eigenvalue weighted by Crippen LogP contribution is 2.32. The van der Waals surface area contributed by atoms with E-state index in [4.69, 9.17) is 22.8 Å². The summed E-state index contributed by atoms with van der Waals surface area (Å²) in [5, 5.41) is 0.311. The van der Waals surface area contributed by atoms with Crippen LogP contribution in [-0.2, 0) is 11.4 Å². The van der Waals surface area contributed by atoms with E-state index < -0.39 is 0 Å². The molecular weight excluding hydrogens is 370 g/mol. The molecule has 0 spiro atoms. The summed E-state index contributed by atoms with van der Waals surface area (Å²) in [7, 11) is 0. The fraction of sp³-hybridized carbons (Fsp3) is 0.100. The van der Waals surface area contributed by atoms with E-state index in [0.29, 0.717) is 22.3 Å². The lowest BCUT2D eigenvalue weighted by Crippen LogP contribution is -2.28. The Hall–Kier alpha value is -2.68. The molecule has 26 heavy (non-hydrogen) atoms. The summed E-state index contributed by atoms with van der Waals surface area (Å²) in [5.41, 5.74) is 1.70. The first-order valence-electron chi connectivity index (χ1n) is 7.73. The third-order valence-corrected chi connectivity index (χ3v) is 4.93. The Kier molecular flexibility index (Phi) is 5.67. The number of ether oxygens (including phenoxy) is 1. The van der Waals surface area contributed by atoms with Gasteiger partial charge in [-0.15, -0.1) is 6.42 Å². The number of carbonyl (C=O) groups excluding carboxylic acids is 2. The number of amides is 2. The van der Waals surface area contributed by atoms with E-state index in [0.717, 1.165) is 27.8 Å². The van der Waals surface area contributed by atoms with Crippen LogP contribution in [0.4, 0.5) is 4.79 Å². The smallest absolute Gasteiger partial charge is 0.294 e. The summed E-state index contributed by atoms with van der Waals surface area (Å²) in [4.78, 5) is 25.3. The number of halogens is 1. The zero-order valence-corrected chi connectivity index (χ0v) is 15.2. The van der Waals surface area contributed by atoms with Gasteiger partial charge in [0.1, 0.15) is 12.4 Å². The van der Waals surface area contributed by atoms with Gasteiger partial charge in [0.2, 0.25) is 0 Å². The van der Waals surface area contributed by atoms with Gasteiger partial charge in [-0.25, -0.2) is 0 Å². The van der Waals surface area contributed by atoms with Crippen LogP contribution in [0.2, 0.25) is 5.02 Å². The second kappa shape index (κ2) is 8.13. The molecule has 4 nitrogen and oxygen atoms in total. The Balaban J connectivity index is 1.67. The molecule has 1 fully saturated rings. The van der Waals surface area contributed by atoms with Crippen molar-refractivity contribution in [3.63, 3.8) is 0 Å². The van der Waals surface area contributed by atoms with Crippen LogP contribution >= 0.6 is 23.4 Å². The Morgan fingerprint density at radius 1 is 1.15 bits per heavy atom. The summed E-state index contributed by atoms with van der Waals surface area (Å²) in [6.45, 7) is 0.348. The molecule has 0 unspecified atom stereocenters. The number of carbonyl (C=O) groups is 2. The van der Waals surface area contributed by atoms with Gasteiger partial charge < -0.3 is 4.74 Å². The minimum absolute atomic E-state index is 0.0170. The van der Waals surface area contributed by atoms with Gasteiger partial charge in [-0.3, -0.25) is 14.5 Å². The molecule has 1 aliphatic rings. The van der Waals surface area contributed by atoms with Crippen LogP contribution in [0.3, 0.4) is 0 Å². The van der Waals surface area contributed by atoms with Gasteiger partial charge in [0.05, 0.1) is 11.4 Å². The lowest BCUT2D eigenvalue weighted by molar-refractivity contribution is -0.122. The molecule has 0 bridgehead atoms. The Labute approximate surface area is 160 Å². The molecule has 0 aromatic heterocycles. The van der Waals surface area contributed by atoms with Crippen molar-refractivity contribution in [2.24, 2.45) is 0 Å². The van der Waals surface area contributed by atoms with Crippen molar-refractivity contribution in [3.05, 3.63) is 69.6 Å². The summed E-state index contributed by atoms with van der Waals surface area (Å²) in [5.74, 6) is 2.63. The Morgan fingerprint density at radius 3 is 2.58 bits per heavy atom. The lowest BCUT2D eigenvalue weighted by Gasteiger charge is -2.08. The van der Waals surface area contributed by atoms with Gasteiger partial charge in [0.25, 0.3) is 11.1 Å². The van der Waals surface area contributed by atoms with Crippen LogP contribution in [0.5, 0.6) is 5.75 Å². The van der Waals surface area contributed by atoms with Crippen LogP contribution in [0.1, 0.15) is 11.1 Å². The number of imide groups is 1. The molecule has 1 aliphatic heterocycles. The minimum Gasteiger partial charge on any atom is -0.489 e. The molecule has 0 N–H and O–H groups in total. The third-order valence-electron chi connectivity index (χ3n) is 3.65. The standard InChI is InChI=1S/C20H14ClNO3S/c1-2-11-22-19(23)18(26-20(22)24)12-14-7-9-16(10-8-14)25-13-15-5-3-4-6-17(15)21/h1,3-10,12H,11,13H2. The molecule has 6 heteroatoms. The number of thioether (sulfide) groups is 1. The zero-order valence-electron chi connectivity index (χ0n) is 13.6. The van der Waals surface area contributed by atoms with Crippen molar-refractivity contribution in [2.75, 3.05) is 6.54 Å². The first-order chi connectivity index (χ1) is 12.6. The highest BCUT2D eigenvalue weighted by Gasteiger charge is 2.34. The summed E-state index contributed by atoms with van der Waals surface area (Å²) >= 11 is 6.99. The van der Waals surface area contributed by atoms with Crippen molar-refractivity contribution < 1.29 is 14.3 Å². The van der Waals surface area contributed by atoms with Gasteiger partial charge >= 0.3 is 0 Å². The molecule has 1 heterocycles. The lowest BCUT2D eigenvalue weighted by atomic mass is 10.2. The monoisotopic (exact) mass is 383 g/mol. The van der Waals surface area contributed by atoms with Crippen LogP contribution in [-0.4, -0.2) is 22.6 Å². The van der Waals surface area contributed by atoms with Crippen molar-refractivity contribution in [1.29, 1.82) is 0 Å². The maximum Gasteiger partial charge on any atom is 0.294 e. The molecule has 2 amide bonds. The number of nitrogens with zero attached hydrogens (tertiary/aromatic N) is 1. The number of hydrogen-bond donors (Lipinski definition) is 0. The van der Waals surface area contributed by atoms with Crippen LogP contribution in [0.15, 0.2) is 53.4 Å². The molecule has 3 rings (SSSR count). The highest BCUT2D eigenvalue weighted by molar-refractivity contribution is 8.18. The maximum atomic E-state index is 12.2. The van der Waals surface area contributed by atoms with Crippen molar-refractivity contribution in [3.8, 4) is 18.1 Å². The summed E-state index contributed by atoms with van der Waals surface area (Å²) in [6, 6.07) is 14.7. The number of hydrogen-bond acceptors (Lipinski definition) is 4. The number of rotatable bonds is 5. The van der Waals surface area contributed by atoms with Crippen LogP contribution in [0.25, 0.3) is 6.08 Å². The van der Waals surface area contributed by atoms with Gasteiger partial charge in [-0.2, -0.15) is 0 Å². The van der Waals surface area contributed by atoms with Crippen LogP contribution in [0, 0.1) is 12.3 Å². The molecule has 2 aromatic carbocycles. The Morgan fingerprint density at radius 2 is 1.88 bits per heavy atom. The summed E-state index contributed by atoms with van der Waals surface area (Å²) < 4.78 is 5.72. The van der Waals surface area contributed by atoms with E-state index in [-0.39, 0.29) is 17.7 Å². The fourth-order valence-corrected chi connectivity index (χ4v) is 3.34. The SMILES string of the molecule is C#CCN1C(=O)SC(=Cc2ccc(OCc3ccccc3Cl)cc2)C1=O. The average Bonchev–Trinajstić information content (AvgIpc) is 2.90. The quantitative estimate of drug-likeness (QED) is 0.559. The minimum atomic E-state index is -0.364. The van der Waals surface area contributed by atoms with Gasteiger partial charge in [-0.1, -0.05) is 47.9 Å². The molecule has 0 atom stereocenters. The maximum absolute atomic E-state index is 12.2. The van der Waals surface area contributed by atoms with Crippen molar-refractivity contribution in [1.82, 2.24) is 4.90 Å². The predicted octanol–water partition coefficient (Wildman–Crippen LogP) is 4.59. The molecular formula is C20H14ClNO3S. The van der Waals surface area contributed by atoms with Gasteiger partial charge in [0, 0.05) is 10.6 Å². The van der Waals surface area contributed by atoms with Crippen LogP contribution < -0.4 is 4.74 Å². The predicted molar refractivity (Wildman–Crippen MR) is 104 cm³/mol. The Bertz CT molecular complexity index is 915. The number of benzene rings is 2. The van der Waals surface area contributed by atoms with E-state index >= 15 is 0 Å².